The van der Waals surface area contributed by atoms with Crippen LogP contribution in [0.15, 0.2) is 24.8 Å². The Bertz CT molecular complexity index is 236. The van der Waals surface area contributed by atoms with Crippen molar-refractivity contribution in [3.63, 3.8) is 0 Å². The predicted octanol–water partition coefficient (Wildman–Crippen LogP) is 4.25. The van der Waals surface area contributed by atoms with Gasteiger partial charge >= 0.3 is 0 Å². The fraction of sp³-hybridized carbons (Fsp3) is 0.667. The molecule has 0 radical (unpaired) electrons. The zero-order valence-electron chi connectivity index (χ0n) is 11.2. The Balaban J connectivity index is -0.000000162. The molecule has 2 nitrogen and oxygen atoms in total. The van der Waals surface area contributed by atoms with Crippen LogP contribution >= 0.6 is 10.8 Å². The summed E-state index contributed by atoms with van der Waals surface area (Å²) in [6.07, 6.45) is 12.4. The lowest BCUT2D eigenvalue weighted by molar-refractivity contribution is 0.615. The van der Waals surface area contributed by atoms with Crippen LogP contribution in [0.1, 0.15) is 40.0 Å². The summed E-state index contributed by atoms with van der Waals surface area (Å²) < 4.78 is 19.9. The van der Waals surface area contributed by atoms with Crippen LogP contribution in [-0.4, -0.2) is 20.9 Å². The molecule has 0 aromatic heterocycles. The van der Waals surface area contributed by atoms with Gasteiger partial charge in [-0.05, 0) is 36.3 Å². The first kappa shape index (κ1) is 21.1. The molecule has 0 aromatic rings. The minimum absolute atomic E-state index is 0.854. The molecular weight excluding hydrogens is 240 g/mol. The van der Waals surface area contributed by atoms with Crippen molar-refractivity contribution in [2.45, 2.75) is 40.0 Å². The van der Waals surface area contributed by atoms with Gasteiger partial charge in [0.05, 0.1) is 0 Å². The molecule has 0 bridgehead atoms. The normalized spacial score (nSPS) is 9.81. The maximum atomic E-state index is 9.96. The van der Waals surface area contributed by atoms with Crippen molar-refractivity contribution in [1.29, 1.82) is 0 Å². The maximum absolute atomic E-state index is 9.96. The second-order valence-corrected chi connectivity index (χ2v) is 7.41. The quantitative estimate of drug-likeness (QED) is 0.563. The second kappa shape index (κ2) is 17.2. The smallest absolute Gasteiger partial charge is 0.198 e. The molecular formula is C12H26O2S2. The summed E-state index contributed by atoms with van der Waals surface area (Å²) in [5.41, 5.74) is 0. The van der Waals surface area contributed by atoms with Crippen molar-refractivity contribution in [1.82, 2.24) is 0 Å². The van der Waals surface area contributed by atoms with Crippen LogP contribution in [0.4, 0.5) is 0 Å². The number of rotatable bonds is 4. The van der Waals surface area contributed by atoms with E-state index in [1.165, 1.54) is 25.4 Å². The van der Waals surface area contributed by atoms with Gasteiger partial charge < -0.3 is 0 Å². The van der Waals surface area contributed by atoms with Gasteiger partial charge in [0.1, 0.15) is 0 Å². The van der Waals surface area contributed by atoms with E-state index in [4.69, 9.17) is 0 Å². The van der Waals surface area contributed by atoms with Gasteiger partial charge in [0.2, 0.25) is 0 Å². The van der Waals surface area contributed by atoms with Crippen LogP contribution < -0.4 is 0 Å². The van der Waals surface area contributed by atoms with E-state index in [1.807, 2.05) is 6.08 Å². The van der Waals surface area contributed by atoms with Crippen LogP contribution in [0.5, 0.6) is 0 Å². The summed E-state index contributed by atoms with van der Waals surface area (Å²) in [5.74, 6) is 0. The average Bonchev–Trinajstić information content (AvgIpc) is 2.26. The summed E-state index contributed by atoms with van der Waals surface area (Å²) in [6.45, 7) is 9.83. The van der Waals surface area contributed by atoms with Gasteiger partial charge in [0.25, 0.3) is 0 Å². The van der Waals surface area contributed by atoms with E-state index >= 15 is 0 Å². The standard InChI is InChI=1S/C6H12.C4H8.C2H6O2S2/c1-3-5-6-4-2;1-3-4-2;1-5-6(2,3)4/h5-6H,3-4H2,1-2H3;3H,1,4H2,2H3;1-2H3. The second-order valence-electron chi connectivity index (χ2n) is 2.86. The Morgan fingerprint density at radius 2 is 1.31 bits per heavy atom. The zero-order valence-corrected chi connectivity index (χ0v) is 12.8. The molecule has 0 saturated heterocycles. The largest absolute Gasteiger partial charge is 0.218 e. The molecule has 0 aromatic carbocycles. The Kier molecular flexibility index (Phi) is 22.7. The van der Waals surface area contributed by atoms with Gasteiger partial charge in [-0.15, -0.1) is 6.58 Å². The lowest BCUT2D eigenvalue weighted by atomic mass is 10.4. The molecule has 0 rings (SSSR count). The topological polar surface area (TPSA) is 34.1 Å². The van der Waals surface area contributed by atoms with Gasteiger partial charge in [-0.1, -0.05) is 39.0 Å². The first-order valence-corrected chi connectivity index (χ1v) is 9.04. The van der Waals surface area contributed by atoms with Crippen LogP contribution in [0.3, 0.4) is 0 Å². The highest BCUT2D eigenvalue weighted by molar-refractivity contribution is 8.71. The van der Waals surface area contributed by atoms with E-state index in [9.17, 15) is 8.42 Å². The molecule has 0 unspecified atom stereocenters. The van der Waals surface area contributed by atoms with Crippen LogP contribution in [0.2, 0.25) is 0 Å². The Morgan fingerprint density at radius 3 is 1.38 bits per heavy atom. The van der Waals surface area contributed by atoms with Crippen molar-refractivity contribution >= 4 is 19.7 Å². The summed E-state index contributed by atoms with van der Waals surface area (Å²) >= 11 is 0. The van der Waals surface area contributed by atoms with Crippen LogP contribution in [0, 0.1) is 0 Å². The van der Waals surface area contributed by atoms with Gasteiger partial charge in [-0.3, -0.25) is 0 Å². The molecule has 98 valence electrons. The van der Waals surface area contributed by atoms with Gasteiger partial charge in [0, 0.05) is 6.26 Å². The number of hydrogen-bond donors (Lipinski definition) is 0. The van der Waals surface area contributed by atoms with Crippen molar-refractivity contribution in [2.24, 2.45) is 0 Å². The molecule has 0 aliphatic heterocycles. The minimum atomic E-state index is -2.75. The molecule has 0 saturated carbocycles. The minimum Gasteiger partial charge on any atom is -0.218 e. The highest BCUT2D eigenvalue weighted by atomic mass is 33.1. The van der Waals surface area contributed by atoms with Crippen LogP contribution in [0.25, 0.3) is 0 Å². The van der Waals surface area contributed by atoms with Gasteiger partial charge in [-0.25, -0.2) is 8.42 Å². The third-order valence-electron chi connectivity index (χ3n) is 1.23. The molecule has 0 fully saturated rings. The molecule has 16 heavy (non-hydrogen) atoms. The number of hydrogen-bond acceptors (Lipinski definition) is 3. The summed E-state index contributed by atoms with van der Waals surface area (Å²) in [5, 5.41) is 0. The molecule has 0 aliphatic carbocycles. The Morgan fingerprint density at radius 1 is 1.06 bits per heavy atom. The lowest BCUT2D eigenvalue weighted by Crippen LogP contribution is -1.83. The third-order valence-corrected chi connectivity index (χ3v) is 3.65. The van der Waals surface area contributed by atoms with E-state index in [0.717, 1.165) is 17.2 Å². The molecule has 0 atom stereocenters. The monoisotopic (exact) mass is 266 g/mol. The fourth-order valence-electron chi connectivity index (χ4n) is 0.333. The Hall–Kier alpha value is -0.220. The fourth-order valence-corrected chi connectivity index (χ4v) is 0.333. The van der Waals surface area contributed by atoms with E-state index in [1.54, 1.807) is 0 Å². The molecule has 4 heteroatoms. The highest BCUT2D eigenvalue weighted by Gasteiger charge is 1.91. The molecule has 0 N–H and O–H groups in total. The average molecular weight is 266 g/mol. The summed E-state index contributed by atoms with van der Waals surface area (Å²) in [7, 11) is -1.89. The lowest BCUT2D eigenvalue weighted by Gasteiger charge is -1.80. The molecule has 0 heterocycles. The van der Waals surface area contributed by atoms with Gasteiger partial charge in [-0.2, -0.15) is 0 Å². The SMILES string of the molecule is C=CCC.CCC=CCC.CSS(C)(=O)=O. The third kappa shape index (κ3) is 49.0. The molecule has 0 amide bonds. The molecule has 0 spiro atoms. The molecule has 0 aliphatic rings. The van der Waals surface area contributed by atoms with E-state index in [0.29, 0.717) is 0 Å². The first-order chi connectivity index (χ1) is 7.39. The van der Waals surface area contributed by atoms with Crippen molar-refractivity contribution in [2.75, 3.05) is 12.5 Å². The predicted molar refractivity (Wildman–Crippen MR) is 78.6 cm³/mol. The Labute approximate surface area is 106 Å². The maximum Gasteiger partial charge on any atom is 0.198 e. The van der Waals surface area contributed by atoms with Crippen molar-refractivity contribution in [3.8, 4) is 0 Å². The summed E-state index contributed by atoms with van der Waals surface area (Å²) in [4.78, 5) is 0. The summed E-state index contributed by atoms with van der Waals surface area (Å²) in [6, 6.07) is 0. The first-order valence-electron chi connectivity index (χ1n) is 5.40. The van der Waals surface area contributed by atoms with Gasteiger partial charge in [0.15, 0.2) is 8.87 Å². The zero-order chi connectivity index (χ0) is 13.4. The number of allylic oxidation sites excluding steroid dienone is 3. The van der Waals surface area contributed by atoms with E-state index in [-0.39, 0.29) is 0 Å². The van der Waals surface area contributed by atoms with Crippen LogP contribution in [-0.2, 0) is 8.87 Å². The van der Waals surface area contributed by atoms with Crippen molar-refractivity contribution in [3.05, 3.63) is 24.8 Å². The highest BCUT2D eigenvalue weighted by Crippen LogP contribution is 2.00. The van der Waals surface area contributed by atoms with E-state index in [2.05, 4.69) is 39.5 Å². The van der Waals surface area contributed by atoms with Crippen molar-refractivity contribution < 1.29 is 8.42 Å². The van der Waals surface area contributed by atoms with E-state index < -0.39 is 8.87 Å².